The smallest absolute Gasteiger partial charge is 0.421 e. The third kappa shape index (κ3) is 41.7. The van der Waals surface area contributed by atoms with E-state index in [1.54, 1.807) is 0 Å². The number of imidazole rings is 2. The van der Waals surface area contributed by atoms with Gasteiger partial charge in [-0.25, -0.2) is 41.1 Å². The second-order valence-corrected chi connectivity index (χ2v) is 33.0. The van der Waals surface area contributed by atoms with Crippen molar-refractivity contribution in [2.75, 3.05) is 139 Å². The zero-order valence-electron chi connectivity index (χ0n) is 83.8. The van der Waals surface area contributed by atoms with Gasteiger partial charge in [-0.1, -0.05) is 107 Å². The summed E-state index contributed by atoms with van der Waals surface area (Å²) in [7, 11) is 38.2. The van der Waals surface area contributed by atoms with Crippen molar-refractivity contribution >= 4 is 124 Å². The van der Waals surface area contributed by atoms with Crippen LogP contribution in [-0.2, 0) is 62.9 Å². The summed E-state index contributed by atoms with van der Waals surface area (Å²) in [4.78, 5) is 12.7. The molecular formula is C110H134Cl7N21O2. The van der Waals surface area contributed by atoms with Gasteiger partial charge in [0.2, 0.25) is 5.69 Å². The van der Waals surface area contributed by atoms with Crippen LogP contribution >= 0.6 is 0 Å². The molecule has 23 nitrogen and oxygen atoms in total. The zero-order valence-corrected chi connectivity index (χ0v) is 89.1. The Labute approximate surface area is 873 Å². The lowest BCUT2D eigenvalue weighted by Crippen LogP contribution is -3.00. The minimum absolute atomic E-state index is 0. The maximum absolute atomic E-state index is 8.89. The van der Waals surface area contributed by atoms with E-state index in [-0.39, 0.29) is 93.5 Å². The number of aliphatic hydroxyl groups is 1. The molecule has 7 aromatic heterocycles. The molecule has 140 heavy (non-hydrogen) atoms. The number of aliphatic hydroxyl groups excluding tert-OH is 1. The highest BCUT2D eigenvalue weighted by Gasteiger charge is 2.16. The molecule has 0 amide bonds. The first kappa shape index (κ1) is 123. The molecule has 0 unspecified atom stereocenters. The Morgan fingerprint density at radius 3 is 1.16 bits per heavy atom. The van der Waals surface area contributed by atoms with Gasteiger partial charge in [-0.15, -0.1) is 0 Å². The molecule has 15 rings (SSSR count). The van der Waals surface area contributed by atoms with E-state index in [0.29, 0.717) is 13.0 Å². The van der Waals surface area contributed by atoms with Gasteiger partial charge in [0.25, 0.3) is 0 Å². The lowest BCUT2D eigenvalue weighted by Gasteiger charge is -2.27. The SMILES string of the molecule is CN(C)c1ccc(C=Cc2cc[n+](C)cc2)cc1.CN(C)c1ccc(C=Cc2cccc[n+]2C)cc1.CN(C)c1ccc(N=Nc2n(C)cc[n+]2C)cc1.CN(CCC#N)c1ccc(C=Cc2cc[n+](C)cc2)cc1.CN1CCOc2cc(C=Cc3cc[n+](C)cc3)ccc21.CNc1ccc(N=Nc2n(C)cc[n+]2C)cc1.Cc1cc(N(C)C)ccc1C=Cc1cc[n+](CCO)cc1.[Cl-].[Cl-].[Cl-].[Cl-].[Cl-].[Cl-].[Cl-]. The summed E-state index contributed by atoms with van der Waals surface area (Å²) in [6.07, 6.45) is 47.8. The van der Waals surface area contributed by atoms with E-state index >= 15 is 0 Å². The second-order valence-electron chi connectivity index (χ2n) is 33.0. The summed E-state index contributed by atoms with van der Waals surface area (Å²) < 4.78 is 23.6. The number of anilines is 7. The van der Waals surface area contributed by atoms with Crippen LogP contribution < -0.4 is 158 Å². The van der Waals surface area contributed by atoms with Crippen molar-refractivity contribution in [1.82, 2.24) is 9.13 Å². The molecule has 0 radical (unpaired) electrons. The third-order valence-electron chi connectivity index (χ3n) is 21.6. The van der Waals surface area contributed by atoms with E-state index in [1.165, 1.54) is 73.0 Å². The van der Waals surface area contributed by atoms with E-state index < -0.39 is 0 Å². The summed E-state index contributed by atoms with van der Waals surface area (Å²) in [5.74, 6) is 2.59. The van der Waals surface area contributed by atoms with E-state index in [1.807, 2.05) is 231 Å². The normalized spacial score (nSPS) is 10.8. The predicted molar refractivity (Wildman–Crippen MR) is 549 cm³/mol. The molecule has 0 saturated heterocycles. The molecule has 7 aromatic carbocycles. The Bertz CT molecular complexity index is 6150. The summed E-state index contributed by atoms with van der Waals surface area (Å²) in [5, 5.41) is 37.5. The Kier molecular flexibility index (Phi) is 56.6. The maximum Gasteiger partial charge on any atom is 0.421 e. The van der Waals surface area contributed by atoms with Crippen molar-refractivity contribution in [2.24, 2.45) is 76.8 Å². The number of ether oxygens (including phenoxy) is 1. The number of fused-ring (bicyclic) bond motifs is 1. The third-order valence-corrected chi connectivity index (χ3v) is 21.6. The van der Waals surface area contributed by atoms with E-state index in [0.717, 1.165) is 76.9 Å². The molecule has 1 aliphatic heterocycles. The standard InChI is InChI=1S/C18H20N3.C18H23N2O.C17H19N2O.2C16H19N2.C13H18N5.C12H15N5.7ClH/c1-20-14-10-17(11-15-20)5-4-16-6-8-18(9-7-16)21(2)13-3-12-19;1-15-14-18(19(2)3)7-6-17(15)5-4-16-8-10-20(11-9-16)12-13-21;1-18-9-7-14(8-10-18)3-4-15-5-6-16-17(13-15)20-12-11-19(16)2;1-17(2)16-8-6-14(7-9-16)4-5-15-10-12-18(3)13-11-15;1-17(2)15-10-7-14(8-11-15)9-12-16-6-4-5-13-18(16)3;1-16(2)12-7-5-11(6-8-12)14-15-13-17(3)9-10-18(13)4;1-13-10-4-6-11(7-5-10)14-15-12-16(2)8-9-17(12)3;;;;;;;/h4-11,14-15H,3,13H2,1-2H3;4-11,14,21H,12-13H2,1-3H3;3-10,13H,11-12H2,1-2H3;2*4-13H,1-3H3;5-10H,1-4H3;4-9H,1-3H3;7*1H/q6*+1;;;;;;;;/p-6. The molecule has 30 heteroatoms. The fourth-order valence-corrected chi connectivity index (χ4v) is 13.1. The Balaban J connectivity index is 0.000000548. The highest BCUT2D eigenvalue weighted by molar-refractivity contribution is 5.76. The summed E-state index contributed by atoms with van der Waals surface area (Å²) >= 11 is 0. The highest BCUT2D eigenvalue weighted by atomic mass is 35.5. The maximum atomic E-state index is 8.89. The van der Waals surface area contributed by atoms with Crippen LogP contribution in [0.3, 0.4) is 0 Å². The number of aryl methyl sites for hydroxylation is 9. The summed E-state index contributed by atoms with van der Waals surface area (Å²) in [6, 6.07) is 79.0. The first-order valence-corrected chi connectivity index (χ1v) is 44.3. The van der Waals surface area contributed by atoms with Crippen LogP contribution in [0, 0.1) is 18.3 Å². The van der Waals surface area contributed by atoms with Gasteiger partial charge >= 0.3 is 11.9 Å². The van der Waals surface area contributed by atoms with Crippen LogP contribution in [-0.4, -0.2) is 118 Å². The zero-order chi connectivity index (χ0) is 95.6. The second kappa shape index (κ2) is 64.6. The van der Waals surface area contributed by atoms with E-state index in [4.69, 9.17) is 15.1 Å². The molecular weight excluding hydrogens is 1900 g/mol. The fraction of sp³-hybridized carbons (Fsp3) is 0.236. The molecule has 740 valence electrons. The molecule has 8 heterocycles. The molecule has 0 aliphatic carbocycles. The minimum atomic E-state index is 0. The molecule has 2 N–H and O–H groups in total. The first-order valence-electron chi connectivity index (χ1n) is 44.3. The van der Waals surface area contributed by atoms with Crippen LogP contribution in [0.2, 0.25) is 0 Å². The van der Waals surface area contributed by atoms with Gasteiger partial charge < -0.3 is 131 Å². The molecule has 0 saturated carbocycles. The van der Waals surface area contributed by atoms with Crippen molar-refractivity contribution < 1.29 is 129 Å². The van der Waals surface area contributed by atoms with Gasteiger partial charge in [-0.3, -0.25) is 0 Å². The number of hydrogen-bond donors (Lipinski definition) is 2. The number of rotatable bonds is 24. The number of nitrogens with zero attached hydrogens (tertiary/aromatic N) is 20. The van der Waals surface area contributed by atoms with Gasteiger partial charge in [-0.2, -0.15) is 5.26 Å². The van der Waals surface area contributed by atoms with Gasteiger partial charge in [0.1, 0.15) is 58.5 Å². The summed E-state index contributed by atoms with van der Waals surface area (Å²) in [6.45, 7) is 5.39. The average Bonchev–Trinajstić information content (AvgIpc) is 1.10. The van der Waals surface area contributed by atoms with E-state index in [2.05, 4.69) is 378 Å². The molecule has 14 aromatic rings. The molecule has 0 fully saturated rings. The first-order chi connectivity index (χ1) is 64.1. The number of aromatic nitrogens is 9. The number of benzene rings is 7. The van der Waals surface area contributed by atoms with Crippen LogP contribution in [0.5, 0.6) is 5.75 Å². The Morgan fingerprint density at radius 1 is 0.400 bits per heavy atom. The monoisotopic (exact) mass is 2030 g/mol. The Hall–Kier alpha value is -13.5. The van der Waals surface area contributed by atoms with E-state index in [9.17, 15) is 0 Å². The molecule has 0 spiro atoms. The number of nitriles is 1. The molecule has 1 aliphatic rings. The van der Waals surface area contributed by atoms with Crippen molar-refractivity contribution in [3.63, 3.8) is 0 Å². The largest absolute Gasteiger partial charge is 1.00 e. The predicted octanol–water partition coefficient (Wildman–Crippen LogP) is -2.79. The number of nitrogens with one attached hydrogen (secondary N) is 1. The van der Waals surface area contributed by atoms with Gasteiger partial charge in [0.15, 0.2) is 62.3 Å². The van der Waals surface area contributed by atoms with Gasteiger partial charge in [0.05, 0.1) is 77.7 Å². The number of halogens is 7. The summed E-state index contributed by atoms with van der Waals surface area (Å²) in [5.41, 5.74) is 23.0. The highest BCUT2D eigenvalue weighted by Crippen LogP contribution is 2.33. The van der Waals surface area contributed by atoms with Crippen LogP contribution in [0.15, 0.2) is 325 Å². The Morgan fingerprint density at radius 2 is 0.771 bits per heavy atom. The number of azo groups is 2. The van der Waals surface area contributed by atoms with Crippen LogP contribution in [0.1, 0.15) is 67.7 Å². The fourth-order valence-electron chi connectivity index (χ4n) is 13.1. The lowest BCUT2D eigenvalue weighted by molar-refractivity contribution is -0.698. The van der Waals surface area contributed by atoms with Crippen LogP contribution in [0.4, 0.5) is 63.1 Å². The van der Waals surface area contributed by atoms with Gasteiger partial charge in [0, 0.05) is 195 Å². The van der Waals surface area contributed by atoms with Crippen molar-refractivity contribution in [3.05, 3.63) is 366 Å². The van der Waals surface area contributed by atoms with Crippen molar-refractivity contribution in [2.45, 2.75) is 19.9 Å². The lowest BCUT2D eigenvalue weighted by atomic mass is 10.1. The number of likely N-dealkylation sites (N-methyl/N-ethyl adjacent to an activating group) is 1. The minimum Gasteiger partial charge on any atom is -1.00 e. The molecule has 0 bridgehead atoms. The molecule has 0 atom stereocenters. The van der Waals surface area contributed by atoms with Gasteiger partial charge in [-0.05, 0) is 184 Å². The van der Waals surface area contributed by atoms with Crippen LogP contribution in [0.25, 0.3) is 60.8 Å². The quantitative estimate of drug-likeness (QED) is 0.0477. The van der Waals surface area contributed by atoms with Crippen molar-refractivity contribution in [3.8, 4) is 11.8 Å². The topological polar surface area (TPSA) is 171 Å². The average molecular weight is 2030 g/mol. The van der Waals surface area contributed by atoms with Crippen molar-refractivity contribution in [1.29, 1.82) is 5.26 Å². The number of hydrogen-bond acceptors (Lipinski definition) is 14. The number of pyridine rings is 5.